The normalized spacial score (nSPS) is 34.2. The first kappa shape index (κ1) is 16.9. The molecule has 4 nitrogen and oxygen atoms in total. The van der Waals surface area contributed by atoms with Gasteiger partial charge in [0, 0.05) is 17.3 Å². The molecule has 1 aromatic rings. The van der Waals surface area contributed by atoms with Crippen molar-refractivity contribution in [3.63, 3.8) is 0 Å². The molecule has 4 aliphatic carbocycles. The Hall–Kier alpha value is -1.58. The molecule has 1 heterocycles. The molecule has 0 unspecified atom stereocenters. The highest BCUT2D eigenvalue weighted by Crippen LogP contribution is 2.61. The number of Topliss-reactive ketones (excluding diaryl/α,β-unsaturated/α-hetero) is 1. The predicted octanol–water partition coefficient (Wildman–Crippen LogP) is 4.17. The van der Waals surface area contributed by atoms with E-state index in [0.717, 1.165) is 29.0 Å². The third-order valence-electron chi connectivity index (χ3n) is 7.37. The lowest BCUT2D eigenvalue weighted by atomic mass is 9.48. The van der Waals surface area contributed by atoms with E-state index in [1.807, 2.05) is 13.8 Å². The van der Waals surface area contributed by atoms with Gasteiger partial charge in [0.15, 0.2) is 5.78 Å². The van der Waals surface area contributed by atoms with E-state index in [0.29, 0.717) is 16.7 Å². The molecule has 0 saturated heterocycles. The third kappa shape index (κ3) is 2.65. The van der Waals surface area contributed by atoms with Crippen LogP contribution in [0.25, 0.3) is 0 Å². The van der Waals surface area contributed by atoms with Gasteiger partial charge >= 0.3 is 0 Å². The van der Waals surface area contributed by atoms with Crippen LogP contribution in [0.3, 0.4) is 0 Å². The summed E-state index contributed by atoms with van der Waals surface area (Å²) in [6.07, 6.45) is 8.08. The van der Waals surface area contributed by atoms with Crippen molar-refractivity contribution in [2.75, 3.05) is 0 Å². The summed E-state index contributed by atoms with van der Waals surface area (Å²) in [6, 6.07) is 0.192. The fourth-order valence-electron chi connectivity index (χ4n) is 6.64. The minimum absolute atomic E-state index is 0.0134. The minimum atomic E-state index is -0.0589. The highest BCUT2D eigenvalue weighted by molar-refractivity contribution is 6.02. The first-order chi connectivity index (χ1) is 11.8. The summed E-state index contributed by atoms with van der Waals surface area (Å²) in [5.41, 5.74) is 3.08. The van der Waals surface area contributed by atoms with Crippen molar-refractivity contribution in [2.45, 2.75) is 72.3 Å². The van der Waals surface area contributed by atoms with E-state index < -0.39 is 0 Å². The molecule has 2 N–H and O–H groups in total. The van der Waals surface area contributed by atoms with Crippen LogP contribution in [0.2, 0.25) is 0 Å². The van der Waals surface area contributed by atoms with E-state index in [4.69, 9.17) is 0 Å². The minimum Gasteiger partial charge on any atom is -0.354 e. The van der Waals surface area contributed by atoms with Crippen LogP contribution >= 0.6 is 0 Å². The summed E-state index contributed by atoms with van der Waals surface area (Å²) in [6.45, 7) is 7.48. The summed E-state index contributed by atoms with van der Waals surface area (Å²) in [5, 5.41) is 3.29. The number of hydrogen-bond acceptors (Lipinski definition) is 2. The average molecular weight is 342 g/mol. The first-order valence-corrected chi connectivity index (χ1v) is 9.80. The summed E-state index contributed by atoms with van der Waals surface area (Å²) in [5.74, 6) is 2.59. The smallest absolute Gasteiger partial charge is 0.268 e. The van der Waals surface area contributed by atoms with Crippen molar-refractivity contribution >= 4 is 11.7 Å². The zero-order valence-corrected chi connectivity index (χ0v) is 15.9. The van der Waals surface area contributed by atoms with Crippen LogP contribution in [0.4, 0.5) is 0 Å². The molecule has 4 aliphatic rings. The Morgan fingerprint density at radius 3 is 2.04 bits per heavy atom. The number of aromatic nitrogens is 1. The second-order valence-corrected chi connectivity index (χ2v) is 9.16. The molecule has 0 spiro atoms. The standard InChI is InChI=1S/C21H30N2O2/c1-11-18(13(3)24)12(2)22-19(11)20(25)23-14(4)21-8-15-5-16(9-21)7-17(6-15)10-21/h14-17,22H,5-10H2,1-4H3,(H,23,25)/t14-,15?,16?,17?,21?/m1/s1. The summed E-state index contributed by atoms with van der Waals surface area (Å²) >= 11 is 0. The number of amides is 1. The molecule has 4 saturated carbocycles. The van der Waals surface area contributed by atoms with E-state index in [1.54, 1.807) is 6.92 Å². The van der Waals surface area contributed by atoms with Crippen molar-refractivity contribution in [2.24, 2.45) is 23.2 Å². The first-order valence-electron chi connectivity index (χ1n) is 9.80. The molecule has 25 heavy (non-hydrogen) atoms. The molecular formula is C21H30N2O2. The maximum atomic E-state index is 12.9. The maximum Gasteiger partial charge on any atom is 0.268 e. The van der Waals surface area contributed by atoms with Gasteiger partial charge in [-0.3, -0.25) is 9.59 Å². The number of hydrogen-bond donors (Lipinski definition) is 2. The topological polar surface area (TPSA) is 62.0 Å². The highest BCUT2D eigenvalue weighted by atomic mass is 16.2. The van der Waals surface area contributed by atoms with E-state index in [9.17, 15) is 9.59 Å². The maximum absolute atomic E-state index is 12.9. The van der Waals surface area contributed by atoms with Gasteiger partial charge in [-0.15, -0.1) is 0 Å². The number of carbonyl (C=O) groups excluding carboxylic acids is 2. The monoisotopic (exact) mass is 342 g/mol. The molecule has 1 amide bonds. The molecule has 4 heteroatoms. The Kier molecular flexibility index (Phi) is 3.86. The van der Waals surface area contributed by atoms with Gasteiger partial charge in [0.05, 0.1) is 0 Å². The van der Waals surface area contributed by atoms with Gasteiger partial charge in [-0.05, 0) is 95.0 Å². The van der Waals surface area contributed by atoms with Crippen molar-refractivity contribution in [3.05, 3.63) is 22.5 Å². The van der Waals surface area contributed by atoms with Gasteiger partial charge in [0.2, 0.25) is 0 Å². The van der Waals surface area contributed by atoms with Crippen LogP contribution in [-0.4, -0.2) is 22.7 Å². The number of aromatic amines is 1. The van der Waals surface area contributed by atoms with Crippen LogP contribution in [0.5, 0.6) is 0 Å². The van der Waals surface area contributed by atoms with Crippen LogP contribution in [0, 0.1) is 37.0 Å². The number of ketones is 1. The molecule has 5 rings (SSSR count). The molecule has 4 bridgehead atoms. The molecule has 1 aromatic heterocycles. The third-order valence-corrected chi connectivity index (χ3v) is 7.37. The van der Waals surface area contributed by atoms with E-state index in [-0.39, 0.29) is 17.7 Å². The lowest BCUT2D eigenvalue weighted by Crippen LogP contribution is -2.55. The lowest BCUT2D eigenvalue weighted by molar-refractivity contribution is -0.0688. The van der Waals surface area contributed by atoms with Crippen LogP contribution in [-0.2, 0) is 0 Å². The van der Waals surface area contributed by atoms with Gasteiger partial charge < -0.3 is 10.3 Å². The Balaban J connectivity index is 1.53. The van der Waals surface area contributed by atoms with E-state index in [1.165, 1.54) is 38.5 Å². The zero-order valence-electron chi connectivity index (χ0n) is 15.9. The second-order valence-electron chi connectivity index (χ2n) is 9.16. The molecule has 0 radical (unpaired) electrons. The summed E-state index contributed by atoms with van der Waals surface area (Å²) in [4.78, 5) is 27.9. The van der Waals surface area contributed by atoms with Crippen molar-refractivity contribution in [1.29, 1.82) is 0 Å². The van der Waals surface area contributed by atoms with Gasteiger partial charge in [0.25, 0.3) is 5.91 Å². The Morgan fingerprint density at radius 2 is 1.60 bits per heavy atom. The lowest BCUT2D eigenvalue weighted by Gasteiger charge is -2.59. The predicted molar refractivity (Wildman–Crippen MR) is 97.8 cm³/mol. The van der Waals surface area contributed by atoms with Crippen LogP contribution in [0.15, 0.2) is 0 Å². The van der Waals surface area contributed by atoms with Gasteiger partial charge in [-0.25, -0.2) is 0 Å². The van der Waals surface area contributed by atoms with Crippen molar-refractivity contribution in [3.8, 4) is 0 Å². The van der Waals surface area contributed by atoms with Crippen LogP contribution in [0.1, 0.15) is 84.5 Å². The number of rotatable bonds is 4. The Labute approximate surface area is 150 Å². The second kappa shape index (κ2) is 5.72. The van der Waals surface area contributed by atoms with E-state index in [2.05, 4.69) is 17.2 Å². The number of carbonyl (C=O) groups is 2. The number of aryl methyl sites for hydroxylation is 1. The van der Waals surface area contributed by atoms with Gasteiger partial charge in [-0.1, -0.05) is 0 Å². The fraction of sp³-hybridized carbons (Fsp3) is 0.714. The Morgan fingerprint density at radius 1 is 1.08 bits per heavy atom. The number of H-pyrrole nitrogens is 1. The largest absolute Gasteiger partial charge is 0.354 e. The Bertz CT molecular complexity index is 695. The highest BCUT2D eigenvalue weighted by Gasteiger charge is 2.53. The number of nitrogens with one attached hydrogen (secondary N) is 2. The average Bonchev–Trinajstić information content (AvgIpc) is 2.80. The molecular weight excluding hydrogens is 312 g/mol. The van der Waals surface area contributed by atoms with Crippen molar-refractivity contribution in [1.82, 2.24) is 10.3 Å². The molecule has 0 aliphatic heterocycles. The van der Waals surface area contributed by atoms with Gasteiger partial charge in [-0.2, -0.15) is 0 Å². The SMILES string of the molecule is CC(=O)c1c(C)[nH]c(C(=O)N[C@H](C)C23CC4CC(CC(C4)C2)C3)c1C. The van der Waals surface area contributed by atoms with Crippen LogP contribution < -0.4 is 5.32 Å². The van der Waals surface area contributed by atoms with Crippen molar-refractivity contribution < 1.29 is 9.59 Å². The molecule has 1 atom stereocenters. The zero-order chi connectivity index (χ0) is 17.9. The molecule has 136 valence electrons. The van der Waals surface area contributed by atoms with Gasteiger partial charge in [0.1, 0.15) is 5.69 Å². The fourth-order valence-corrected chi connectivity index (χ4v) is 6.64. The summed E-state index contributed by atoms with van der Waals surface area (Å²) < 4.78 is 0. The quantitative estimate of drug-likeness (QED) is 0.807. The molecule has 4 fully saturated rings. The van der Waals surface area contributed by atoms with E-state index >= 15 is 0 Å². The summed E-state index contributed by atoms with van der Waals surface area (Å²) in [7, 11) is 0. The molecule has 0 aromatic carbocycles.